The fourth-order valence-corrected chi connectivity index (χ4v) is 1.64. The molecular weight excluding hydrogens is 270 g/mol. The van der Waals surface area contributed by atoms with E-state index in [-0.39, 0.29) is 13.0 Å². The van der Waals surface area contributed by atoms with Gasteiger partial charge >= 0.3 is 11.9 Å². The molecule has 0 spiro atoms. The average Bonchev–Trinajstić information content (AvgIpc) is 2.46. The van der Waals surface area contributed by atoms with Crippen molar-refractivity contribution in [2.75, 3.05) is 18.5 Å². The smallest absolute Gasteiger partial charge is 0.347 e. The van der Waals surface area contributed by atoms with Crippen molar-refractivity contribution >= 4 is 17.6 Å². The number of anilines is 1. The normalized spacial score (nSPS) is 11.3. The van der Waals surface area contributed by atoms with Gasteiger partial charge in [0, 0.05) is 12.2 Å². The topological polar surface area (TPSA) is 64.6 Å². The Bertz CT molecular complexity index is 482. The minimum atomic E-state index is -0.883. The van der Waals surface area contributed by atoms with Crippen LogP contribution in [-0.2, 0) is 25.5 Å². The summed E-state index contributed by atoms with van der Waals surface area (Å²) in [6.07, 6.45) is 0.999. The number of ether oxygens (including phenoxy) is 2. The first kappa shape index (κ1) is 16.8. The molecule has 1 atom stereocenters. The third-order valence-electron chi connectivity index (χ3n) is 2.68. The van der Waals surface area contributed by atoms with Crippen molar-refractivity contribution < 1.29 is 19.1 Å². The van der Waals surface area contributed by atoms with Gasteiger partial charge in [-0.15, -0.1) is 6.58 Å². The van der Waals surface area contributed by atoms with E-state index in [2.05, 4.69) is 11.9 Å². The molecule has 0 amide bonds. The highest BCUT2D eigenvalue weighted by Crippen LogP contribution is 2.10. The molecule has 1 aromatic rings. The van der Waals surface area contributed by atoms with E-state index in [0.29, 0.717) is 6.54 Å². The molecule has 0 fully saturated rings. The number of nitrogens with one attached hydrogen (secondary N) is 1. The molecule has 0 saturated heterocycles. The van der Waals surface area contributed by atoms with E-state index in [4.69, 9.17) is 9.47 Å². The van der Waals surface area contributed by atoms with E-state index >= 15 is 0 Å². The summed E-state index contributed by atoms with van der Waals surface area (Å²) < 4.78 is 9.80. The summed E-state index contributed by atoms with van der Waals surface area (Å²) in [7, 11) is 0. The minimum absolute atomic E-state index is 0.117. The predicted octanol–water partition coefficient (Wildman–Crippen LogP) is 2.32. The van der Waals surface area contributed by atoms with E-state index < -0.39 is 18.0 Å². The van der Waals surface area contributed by atoms with Crippen LogP contribution in [0.1, 0.15) is 19.4 Å². The number of benzene rings is 1. The zero-order valence-corrected chi connectivity index (χ0v) is 12.4. The van der Waals surface area contributed by atoms with Gasteiger partial charge in [0.2, 0.25) is 0 Å². The van der Waals surface area contributed by atoms with Gasteiger partial charge in [0.25, 0.3) is 0 Å². The second-order valence-corrected chi connectivity index (χ2v) is 4.43. The van der Waals surface area contributed by atoms with Crippen molar-refractivity contribution in [3.05, 3.63) is 42.5 Å². The second-order valence-electron chi connectivity index (χ2n) is 4.43. The Balaban J connectivity index is 2.47. The Morgan fingerprint density at radius 3 is 2.57 bits per heavy atom. The third kappa shape index (κ3) is 6.12. The molecule has 1 rings (SSSR count). The molecule has 0 aromatic heterocycles. The summed E-state index contributed by atoms with van der Waals surface area (Å²) in [5.74, 6) is -0.989. The molecule has 0 aliphatic heterocycles. The van der Waals surface area contributed by atoms with Crippen LogP contribution < -0.4 is 5.32 Å². The van der Waals surface area contributed by atoms with Crippen molar-refractivity contribution in [3.63, 3.8) is 0 Å². The Kier molecular flexibility index (Phi) is 7.01. The largest absolute Gasteiger partial charge is 0.463 e. The van der Waals surface area contributed by atoms with E-state index in [0.717, 1.165) is 11.3 Å². The highest BCUT2D eigenvalue weighted by molar-refractivity contribution is 5.80. The van der Waals surface area contributed by atoms with Crippen molar-refractivity contribution in [2.24, 2.45) is 0 Å². The van der Waals surface area contributed by atoms with Crippen LogP contribution in [0.25, 0.3) is 0 Å². The van der Waals surface area contributed by atoms with E-state index in [1.165, 1.54) is 6.92 Å². The summed E-state index contributed by atoms with van der Waals surface area (Å²) in [6.45, 7) is 7.77. The SMILES string of the molecule is C=CCNc1ccc(CC(=O)OC(C)C(=O)OCC)cc1. The quantitative estimate of drug-likeness (QED) is 0.588. The van der Waals surface area contributed by atoms with Gasteiger partial charge < -0.3 is 14.8 Å². The number of hydrogen-bond donors (Lipinski definition) is 1. The van der Waals surface area contributed by atoms with Crippen molar-refractivity contribution in [1.29, 1.82) is 0 Å². The standard InChI is InChI=1S/C16H21NO4/c1-4-10-17-14-8-6-13(7-9-14)11-15(18)21-12(3)16(19)20-5-2/h4,6-9,12,17H,1,5,10-11H2,2-3H3. The molecule has 5 heteroatoms. The first-order chi connectivity index (χ1) is 10.1. The zero-order valence-electron chi connectivity index (χ0n) is 12.4. The van der Waals surface area contributed by atoms with Crippen LogP contribution in [0.4, 0.5) is 5.69 Å². The Morgan fingerprint density at radius 1 is 1.33 bits per heavy atom. The molecule has 0 radical (unpaired) electrons. The van der Waals surface area contributed by atoms with Crippen LogP contribution in [-0.4, -0.2) is 31.2 Å². The summed E-state index contributed by atoms with van der Waals surface area (Å²) in [4.78, 5) is 23.1. The monoisotopic (exact) mass is 291 g/mol. The fourth-order valence-electron chi connectivity index (χ4n) is 1.64. The highest BCUT2D eigenvalue weighted by atomic mass is 16.6. The molecule has 1 aromatic carbocycles. The van der Waals surface area contributed by atoms with Crippen molar-refractivity contribution in [3.8, 4) is 0 Å². The lowest BCUT2D eigenvalue weighted by molar-refractivity contribution is -0.165. The van der Waals surface area contributed by atoms with Crippen LogP contribution in [0.5, 0.6) is 0 Å². The Labute approximate surface area is 124 Å². The predicted molar refractivity (Wildman–Crippen MR) is 81.0 cm³/mol. The molecule has 5 nitrogen and oxygen atoms in total. The Hall–Kier alpha value is -2.30. The lowest BCUT2D eigenvalue weighted by atomic mass is 10.1. The summed E-state index contributed by atoms with van der Waals surface area (Å²) >= 11 is 0. The van der Waals surface area contributed by atoms with Gasteiger partial charge in [-0.05, 0) is 31.5 Å². The third-order valence-corrected chi connectivity index (χ3v) is 2.68. The lowest BCUT2D eigenvalue weighted by Gasteiger charge is -2.12. The van der Waals surface area contributed by atoms with Crippen LogP contribution in [0, 0.1) is 0 Å². The molecule has 1 unspecified atom stereocenters. The fraction of sp³-hybridized carbons (Fsp3) is 0.375. The first-order valence-electron chi connectivity index (χ1n) is 6.86. The Morgan fingerprint density at radius 2 is 2.00 bits per heavy atom. The van der Waals surface area contributed by atoms with E-state index in [1.54, 1.807) is 13.0 Å². The van der Waals surface area contributed by atoms with Crippen LogP contribution >= 0.6 is 0 Å². The van der Waals surface area contributed by atoms with Crippen LogP contribution in [0.15, 0.2) is 36.9 Å². The molecule has 0 bridgehead atoms. The minimum Gasteiger partial charge on any atom is -0.463 e. The number of esters is 2. The van der Waals surface area contributed by atoms with Crippen LogP contribution in [0.3, 0.4) is 0 Å². The lowest BCUT2D eigenvalue weighted by Crippen LogP contribution is -2.27. The maximum absolute atomic E-state index is 11.7. The first-order valence-corrected chi connectivity index (χ1v) is 6.86. The molecule has 21 heavy (non-hydrogen) atoms. The van der Waals surface area contributed by atoms with Gasteiger partial charge in [0.15, 0.2) is 6.10 Å². The number of carbonyl (C=O) groups excluding carboxylic acids is 2. The second kappa shape index (κ2) is 8.79. The van der Waals surface area contributed by atoms with Crippen LogP contribution in [0.2, 0.25) is 0 Å². The molecule has 0 aliphatic carbocycles. The molecule has 0 heterocycles. The van der Waals surface area contributed by atoms with Gasteiger partial charge in [0.1, 0.15) is 0 Å². The van der Waals surface area contributed by atoms with Gasteiger partial charge in [-0.3, -0.25) is 4.79 Å². The maximum Gasteiger partial charge on any atom is 0.347 e. The zero-order chi connectivity index (χ0) is 15.7. The molecular formula is C16H21NO4. The summed E-state index contributed by atoms with van der Waals surface area (Å²) in [6, 6.07) is 7.42. The average molecular weight is 291 g/mol. The number of hydrogen-bond acceptors (Lipinski definition) is 5. The molecule has 0 saturated carbocycles. The van der Waals surface area contributed by atoms with Crippen molar-refractivity contribution in [1.82, 2.24) is 0 Å². The maximum atomic E-state index is 11.7. The van der Waals surface area contributed by atoms with Gasteiger partial charge in [-0.2, -0.15) is 0 Å². The van der Waals surface area contributed by atoms with E-state index in [9.17, 15) is 9.59 Å². The number of rotatable bonds is 8. The highest BCUT2D eigenvalue weighted by Gasteiger charge is 2.18. The van der Waals surface area contributed by atoms with E-state index in [1.807, 2.05) is 24.3 Å². The molecule has 1 N–H and O–H groups in total. The molecule has 0 aliphatic rings. The van der Waals surface area contributed by atoms with Gasteiger partial charge in [0.05, 0.1) is 13.0 Å². The van der Waals surface area contributed by atoms with Gasteiger partial charge in [-0.1, -0.05) is 18.2 Å². The number of carbonyl (C=O) groups is 2. The van der Waals surface area contributed by atoms with Crippen molar-refractivity contribution in [2.45, 2.75) is 26.4 Å². The summed E-state index contributed by atoms with van der Waals surface area (Å²) in [5, 5.41) is 3.14. The van der Waals surface area contributed by atoms with Gasteiger partial charge in [-0.25, -0.2) is 4.79 Å². The molecule has 114 valence electrons. The summed E-state index contributed by atoms with van der Waals surface area (Å²) in [5.41, 5.74) is 1.77.